The summed E-state index contributed by atoms with van der Waals surface area (Å²) in [5.41, 5.74) is 2.36. The second kappa shape index (κ2) is 9.52. The lowest BCUT2D eigenvalue weighted by Crippen LogP contribution is -2.48. The number of halogens is 1. The summed E-state index contributed by atoms with van der Waals surface area (Å²) in [4.78, 5) is 20.5. The van der Waals surface area contributed by atoms with Crippen LogP contribution >= 0.6 is 22.9 Å². The molecule has 0 aliphatic carbocycles. The van der Waals surface area contributed by atoms with E-state index < -0.39 is 10.0 Å². The number of thiazole rings is 1. The van der Waals surface area contributed by atoms with Gasteiger partial charge in [0.15, 0.2) is 0 Å². The molecular formula is C23H24ClN3O4S2. The van der Waals surface area contributed by atoms with Crippen LogP contribution in [0.2, 0.25) is 5.02 Å². The van der Waals surface area contributed by atoms with E-state index in [1.165, 1.54) is 23.5 Å². The molecule has 4 rings (SSSR count). The molecule has 2 heterocycles. The maximum absolute atomic E-state index is 13.0. The molecular weight excluding hydrogens is 482 g/mol. The van der Waals surface area contributed by atoms with E-state index in [0.29, 0.717) is 28.8 Å². The molecule has 1 fully saturated rings. The number of nitrogens with zero attached hydrogens (tertiary/aromatic N) is 2. The maximum Gasteiger partial charge on any atom is 0.238 e. The number of carbonyl (C=O) groups is 1. The fourth-order valence-electron chi connectivity index (χ4n) is 3.86. The molecule has 1 aliphatic heterocycles. The molecule has 33 heavy (non-hydrogen) atoms. The number of primary sulfonamides is 1. The zero-order valence-corrected chi connectivity index (χ0v) is 20.6. The predicted molar refractivity (Wildman–Crippen MR) is 130 cm³/mol. The van der Waals surface area contributed by atoms with Crippen molar-refractivity contribution in [1.82, 2.24) is 9.88 Å². The van der Waals surface area contributed by atoms with Gasteiger partial charge in [0.1, 0.15) is 5.01 Å². The summed E-state index contributed by atoms with van der Waals surface area (Å²) in [5, 5.41) is 6.52. The second-order valence-corrected chi connectivity index (χ2v) is 11.2. The molecule has 1 aromatic heterocycles. The maximum atomic E-state index is 13.0. The first-order valence-electron chi connectivity index (χ1n) is 10.4. The Hall–Kier alpha value is -2.30. The van der Waals surface area contributed by atoms with Gasteiger partial charge < -0.3 is 9.64 Å². The second-order valence-electron chi connectivity index (χ2n) is 8.09. The Kier molecular flexibility index (Phi) is 6.88. The van der Waals surface area contributed by atoms with Crippen molar-refractivity contribution in [3.05, 3.63) is 58.6 Å². The summed E-state index contributed by atoms with van der Waals surface area (Å²) in [6, 6.07) is 13.6. The van der Waals surface area contributed by atoms with E-state index in [1.807, 2.05) is 30.9 Å². The molecule has 2 aromatic carbocycles. The Morgan fingerprint density at radius 2 is 1.67 bits per heavy atom. The molecule has 0 radical (unpaired) electrons. The summed E-state index contributed by atoms with van der Waals surface area (Å²) in [6.45, 7) is 5.03. The quantitative estimate of drug-likeness (QED) is 0.565. The minimum Gasteiger partial charge on any atom is -0.372 e. The first-order chi connectivity index (χ1) is 15.6. The van der Waals surface area contributed by atoms with Gasteiger partial charge in [0.05, 0.1) is 34.1 Å². The van der Waals surface area contributed by atoms with Crippen LogP contribution in [-0.2, 0) is 26.0 Å². The fraction of sp³-hybridized carbons (Fsp3) is 0.304. The Bertz CT molecular complexity index is 1250. The van der Waals surface area contributed by atoms with Crippen LogP contribution in [0.1, 0.15) is 18.9 Å². The van der Waals surface area contributed by atoms with Gasteiger partial charge in [-0.25, -0.2) is 18.5 Å². The van der Waals surface area contributed by atoms with E-state index in [0.717, 1.165) is 16.0 Å². The van der Waals surface area contributed by atoms with Crippen LogP contribution in [0, 0.1) is 0 Å². The molecule has 3 aromatic rings. The molecule has 0 unspecified atom stereocenters. The molecule has 0 saturated carbocycles. The average Bonchev–Trinajstić information content (AvgIpc) is 3.16. The number of rotatable bonds is 5. The smallest absolute Gasteiger partial charge is 0.238 e. The van der Waals surface area contributed by atoms with E-state index in [-0.39, 0.29) is 29.4 Å². The van der Waals surface area contributed by atoms with Crippen molar-refractivity contribution in [1.29, 1.82) is 0 Å². The van der Waals surface area contributed by atoms with Gasteiger partial charge in [-0.1, -0.05) is 35.9 Å². The standard InChI is InChI=1S/C23H24ClN3O4S2/c1-14-12-27(13-15(2)31-14)21(28)11-20-26-22(16-3-7-18(24)8-4-16)23(32-20)17-5-9-19(10-6-17)33(25,29)30/h3-10,14-15H,11-13H2,1-2H3,(H2,25,29,30)/t14-,15+. The van der Waals surface area contributed by atoms with Gasteiger partial charge in [-0.15, -0.1) is 11.3 Å². The average molecular weight is 506 g/mol. The van der Waals surface area contributed by atoms with Crippen LogP contribution in [0.5, 0.6) is 0 Å². The molecule has 0 bridgehead atoms. The number of aromatic nitrogens is 1. The molecule has 7 nitrogen and oxygen atoms in total. The van der Waals surface area contributed by atoms with Crippen LogP contribution in [0.15, 0.2) is 53.4 Å². The van der Waals surface area contributed by atoms with Crippen molar-refractivity contribution in [2.24, 2.45) is 5.14 Å². The number of amides is 1. The van der Waals surface area contributed by atoms with E-state index in [4.69, 9.17) is 26.5 Å². The van der Waals surface area contributed by atoms with Gasteiger partial charge in [0.25, 0.3) is 0 Å². The number of ether oxygens (including phenoxy) is 1. The summed E-state index contributed by atoms with van der Waals surface area (Å²) in [5.74, 6) is 0.00419. The first-order valence-corrected chi connectivity index (χ1v) is 13.2. The van der Waals surface area contributed by atoms with Crippen molar-refractivity contribution in [2.75, 3.05) is 13.1 Å². The molecule has 0 spiro atoms. The summed E-state index contributed by atoms with van der Waals surface area (Å²) in [7, 11) is -3.79. The van der Waals surface area contributed by atoms with Crippen molar-refractivity contribution in [2.45, 2.75) is 37.4 Å². The topological polar surface area (TPSA) is 103 Å². The number of sulfonamides is 1. The molecule has 1 amide bonds. The molecule has 1 saturated heterocycles. The molecule has 2 N–H and O–H groups in total. The monoisotopic (exact) mass is 505 g/mol. The van der Waals surface area contributed by atoms with E-state index in [9.17, 15) is 13.2 Å². The van der Waals surface area contributed by atoms with Gasteiger partial charge in [0.2, 0.25) is 15.9 Å². The lowest BCUT2D eigenvalue weighted by molar-refractivity contribution is -0.142. The van der Waals surface area contributed by atoms with Gasteiger partial charge in [-0.05, 0) is 43.7 Å². The van der Waals surface area contributed by atoms with Gasteiger partial charge in [0, 0.05) is 23.7 Å². The van der Waals surface area contributed by atoms with Crippen LogP contribution in [0.4, 0.5) is 0 Å². The van der Waals surface area contributed by atoms with Gasteiger partial charge >= 0.3 is 0 Å². The number of hydrogen-bond donors (Lipinski definition) is 1. The summed E-state index contributed by atoms with van der Waals surface area (Å²) < 4.78 is 29.0. The third kappa shape index (κ3) is 5.62. The van der Waals surface area contributed by atoms with Crippen LogP contribution in [0.3, 0.4) is 0 Å². The third-order valence-electron chi connectivity index (χ3n) is 5.31. The molecule has 174 valence electrons. The number of morpholine rings is 1. The van der Waals surface area contributed by atoms with Crippen LogP contribution in [0.25, 0.3) is 21.7 Å². The summed E-state index contributed by atoms with van der Waals surface area (Å²) >= 11 is 7.47. The van der Waals surface area contributed by atoms with E-state index in [1.54, 1.807) is 24.3 Å². The molecule has 2 atom stereocenters. The highest BCUT2D eigenvalue weighted by Gasteiger charge is 2.27. The highest BCUT2D eigenvalue weighted by molar-refractivity contribution is 7.89. The highest BCUT2D eigenvalue weighted by atomic mass is 35.5. The zero-order chi connectivity index (χ0) is 23.8. The summed E-state index contributed by atoms with van der Waals surface area (Å²) in [6.07, 6.45) is 0.165. The van der Waals surface area contributed by atoms with Crippen molar-refractivity contribution in [3.8, 4) is 21.7 Å². The fourth-order valence-corrected chi connectivity index (χ4v) is 5.58. The van der Waals surface area contributed by atoms with E-state index >= 15 is 0 Å². The first kappa shape index (κ1) is 23.8. The van der Waals surface area contributed by atoms with Gasteiger partial charge in [-0.2, -0.15) is 0 Å². The van der Waals surface area contributed by atoms with Crippen molar-refractivity contribution >= 4 is 38.9 Å². The van der Waals surface area contributed by atoms with Gasteiger partial charge in [-0.3, -0.25) is 4.79 Å². The lowest BCUT2D eigenvalue weighted by atomic mass is 10.1. The minimum atomic E-state index is -3.79. The van der Waals surface area contributed by atoms with Crippen molar-refractivity contribution in [3.63, 3.8) is 0 Å². The number of hydrogen-bond acceptors (Lipinski definition) is 6. The van der Waals surface area contributed by atoms with Crippen molar-refractivity contribution < 1.29 is 17.9 Å². The SMILES string of the molecule is C[C@@H]1CN(C(=O)Cc2nc(-c3ccc(Cl)cc3)c(-c3ccc(S(N)(=O)=O)cc3)s2)C[C@H](C)O1. The minimum absolute atomic E-state index is 0.00419. The Balaban J connectivity index is 1.68. The predicted octanol–water partition coefficient (Wildman–Crippen LogP) is 3.96. The Morgan fingerprint density at radius 3 is 2.24 bits per heavy atom. The lowest BCUT2D eigenvalue weighted by Gasteiger charge is -2.35. The van der Waals surface area contributed by atoms with Crippen LogP contribution < -0.4 is 5.14 Å². The Morgan fingerprint density at radius 1 is 1.09 bits per heavy atom. The molecule has 1 aliphatic rings. The number of nitrogens with two attached hydrogens (primary N) is 1. The van der Waals surface area contributed by atoms with Crippen LogP contribution in [-0.4, -0.2) is 49.5 Å². The normalized spacial score (nSPS) is 19.0. The highest BCUT2D eigenvalue weighted by Crippen LogP contribution is 2.38. The third-order valence-corrected chi connectivity index (χ3v) is 7.59. The van der Waals surface area contributed by atoms with E-state index in [2.05, 4.69) is 0 Å². The Labute approximate surface area is 202 Å². The zero-order valence-electron chi connectivity index (χ0n) is 18.2. The number of carbonyl (C=O) groups excluding carboxylic acids is 1. The number of benzene rings is 2. The molecule has 10 heteroatoms. The largest absolute Gasteiger partial charge is 0.372 e.